The number of aromatic nitrogens is 2. The molecule has 4 rings (SSSR count). The summed E-state index contributed by atoms with van der Waals surface area (Å²) >= 11 is 0. The monoisotopic (exact) mass is 451 g/mol. The second-order valence-electron chi connectivity index (χ2n) is 8.48. The van der Waals surface area contributed by atoms with Crippen LogP contribution in [0, 0.1) is 18.3 Å². The van der Waals surface area contributed by atoms with E-state index in [2.05, 4.69) is 15.3 Å². The molecule has 1 aromatic heterocycles. The number of hydrogen-bond acceptors (Lipinski definition) is 6. The van der Waals surface area contributed by atoms with Gasteiger partial charge in [0.05, 0.1) is 29.2 Å². The Hall–Kier alpha value is -3.80. The smallest absolute Gasteiger partial charge is 0.337 e. The van der Waals surface area contributed by atoms with Crippen molar-refractivity contribution in [3.63, 3.8) is 0 Å². The highest BCUT2D eigenvalue weighted by Gasteiger charge is 2.44. The average Bonchev–Trinajstić information content (AvgIpc) is 3.04. The summed E-state index contributed by atoms with van der Waals surface area (Å²) in [6, 6.07) is 11.4. The molecule has 2 N–H and O–H groups in total. The van der Waals surface area contributed by atoms with E-state index in [1.54, 1.807) is 31.2 Å². The summed E-state index contributed by atoms with van der Waals surface area (Å²) < 4.78 is 28.1. The van der Waals surface area contributed by atoms with Gasteiger partial charge in [0.1, 0.15) is 6.07 Å². The first-order valence-corrected chi connectivity index (χ1v) is 10.6. The van der Waals surface area contributed by atoms with Crippen LogP contribution in [-0.4, -0.2) is 39.6 Å². The molecule has 0 aliphatic carbocycles. The quantitative estimate of drug-likeness (QED) is 0.568. The predicted molar refractivity (Wildman–Crippen MR) is 121 cm³/mol. The number of carboxylic acid groups (broad SMARTS) is 1. The van der Waals surface area contributed by atoms with Crippen LogP contribution in [0.2, 0.25) is 0 Å². The summed E-state index contributed by atoms with van der Waals surface area (Å²) in [5.74, 6) is -3.78. The largest absolute Gasteiger partial charge is 0.478 e. The third-order valence-electron chi connectivity index (χ3n) is 5.83. The lowest BCUT2D eigenvalue weighted by molar-refractivity contribution is 0.0229. The Morgan fingerprint density at radius 3 is 2.70 bits per heavy atom. The molecule has 0 saturated carbocycles. The summed E-state index contributed by atoms with van der Waals surface area (Å²) in [5, 5.41) is 22.4. The van der Waals surface area contributed by atoms with E-state index in [-0.39, 0.29) is 29.5 Å². The summed E-state index contributed by atoms with van der Waals surface area (Å²) in [6.45, 7) is 4.89. The maximum Gasteiger partial charge on any atom is 0.337 e. The molecule has 1 saturated heterocycles. The number of nitrogens with zero attached hydrogens (tertiary/aromatic N) is 4. The molecule has 2 heterocycles. The summed E-state index contributed by atoms with van der Waals surface area (Å²) in [5.41, 5.74) is 3.14. The van der Waals surface area contributed by atoms with E-state index in [1.807, 2.05) is 26.0 Å². The number of anilines is 2. The number of alkyl halides is 2. The molecule has 170 valence electrons. The van der Waals surface area contributed by atoms with Gasteiger partial charge in [-0.1, -0.05) is 18.2 Å². The number of aryl methyl sites for hydroxylation is 1. The molecule has 2 aromatic carbocycles. The Balaban J connectivity index is 1.82. The highest BCUT2D eigenvalue weighted by molar-refractivity contribution is 5.94. The molecule has 0 spiro atoms. The SMILES string of the molecule is Cc1cc([C@@H](C)Nc2ccccc2C(=O)O)c2nc(N3CC(F)(F)C[C@@H]3C)c(C#N)nc2c1. The van der Waals surface area contributed by atoms with E-state index in [4.69, 9.17) is 0 Å². The van der Waals surface area contributed by atoms with Gasteiger partial charge in [0, 0.05) is 23.7 Å². The minimum Gasteiger partial charge on any atom is -0.478 e. The molecule has 1 aliphatic heterocycles. The Kier molecular flexibility index (Phi) is 5.62. The maximum atomic E-state index is 14.1. The van der Waals surface area contributed by atoms with Crippen molar-refractivity contribution in [1.82, 2.24) is 9.97 Å². The van der Waals surface area contributed by atoms with Crippen molar-refractivity contribution in [2.24, 2.45) is 0 Å². The van der Waals surface area contributed by atoms with Crippen molar-refractivity contribution in [2.75, 3.05) is 16.8 Å². The molecular weight excluding hydrogens is 428 g/mol. The van der Waals surface area contributed by atoms with Gasteiger partial charge in [-0.15, -0.1) is 0 Å². The molecule has 9 heteroatoms. The molecule has 0 amide bonds. The highest BCUT2D eigenvalue weighted by atomic mass is 19.3. The summed E-state index contributed by atoms with van der Waals surface area (Å²) in [4.78, 5) is 22.1. The Bertz CT molecular complexity index is 1290. The third kappa shape index (κ3) is 4.29. The lowest BCUT2D eigenvalue weighted by atomic mass is 10.0. The van der Waals surface area contributed by atoms with Gasteiger partial charge < -0.3 is 15.3 Å². The number of nitriles is 1. The fraction of sp³-hybridized carbons (Fsp3) is 0.333. The number of carboxylic acids is 1. The maximum absolute atomic E-state index is 14.1. The predicted octanol–water partition coefficient (Wildman–Crippen LogP) is 4.92. The van der Waals surface area contributed by atoms with Crippen molar-refractivity contribution in [2.45, 2.75) is 45.2 Å². The third-order valence-corrected chi connectivity index (χ3v) is 5.83. The zero-order valence-electron chi connectivity index (χ0n) is 18.4. The van der Waals surface area contributed by atoms with Crippen LogP contribution < -0.4 is 10.2 Å². The molecule has 1 aliphatic rings. The van der Waals surface area contributed by atoms with Crippen LogP contribution in [0.1, 0.15) is 53.5 Å². The topological polar surface area (TPSA) is 102 Å². The summed E-state index contributed by atoms with van der Waals surface area (Å²) in [7, 11) is 0. The highest BCUT2D eigenvalue weighted by Crippen LogP contribution is 2.37. The van der Waals surface area contributed by atoms with Crippen LogP contribution in [0.5, 0.6) is 0 Å². The van der Waals surface area contributed by atoms with Crippen LogP contribution >= 0.6 is 0 Å². The number of hydrogen-bond donors (Lipinski definition) is 2. The fourth-order valence-electron chi connectivity index (χ4n) is 4.33. The van der Waals surface area contributed by atoms with Crippen LogP contribution in [-0.2, 0) is 0 Å². The van der Waals surface area contributed by atoms with E-state index in [1.165, 1.54) is 11.0 Å². The van der Waals surface area contributed by atoms with Crippen molar-refractivity contribution >= 4 is 28.5 Å². The van der Waals surface area contributed by atoms with Crippen molar-refractivity contribution in [1.29, 1.82) is 5.26 Å². The number of benzene rings is 2. The van der Waals surface area contributed by atoms with Crippen LogP contribution in [0.4, 0.5) is 20.3 Å². The minimum atomic E-state index is -2.87. The molecule has 3 aromatic rings. The summed E-state index contributed by atoms with van der Waals surface area (Å²) in [6.07, 6.45) is -0.317. The van der Waals surface area contributed by atoms with Gasteiger partial charge in [-0.2, -0.15) is 5.26 Å². The first-order valence-electron chi connectivity index (χ1n) is 10.6. The number of rotatable bonds is 5. The number of para-hydroxylation sites is 1. The van der Waals surface area contributed by atoms with E-state index in [0.717, 1.165) is 11.1 Å². The number of fused-ring (bicyclic) bond motifs is 1. The Labute approximate surface area is 189 Å². The normalized spacial score (nSPS) is 18.2. The lowest BCUT2D eigenvalue weighted by Crippen LogP contribution is -2.30. The first-order chi connectivity index (χ1) is 15.6. The van der Waals surface area contributed by atoms with E-state index >= 15 is 0 Å². The molecule has 0 radical (unpaired) electrons. The zero-order chi connectivity index (χ0) is 23.9. The van der Waals surface area contributed by atoms with Crippen molar-refractivity contribution in [3.05, 3.63) is 58.8 Å². The van der Waals surface area contributed by atoms with Gasteiger partial charge in [-0.3, -0.25) is 0 Å². The minimum absolute atomic E-state index is 0.000403. The van der Waals surface area contributed by atoms with Gasteiger partial charge in [-0.25, -0.2) is 23.5 Å². The van der Waals surface area contributed by atoms with Crippen molar-refractivity contribution < 1.29 is 18.7 Å². The van der Waals surface area contributed by atoms with E-state index < -0.39 is 24.5 Å². The second-order valence-corrected chi connectivity index (χ2v) is 8.48. The van der Waals surface area contributed by atoms with Crippen LogP contribution in [0.3, 0.4) is 0 Å². The molecule has 1 fully saturated rings. The Morgan fingerprint density at radius 1 is 1.33 bits per heavy atom. The van der Waals surface area contributed by atoms with Gasteiger partial charge in [-0.05, 0) is 44.5 Å². The average molecular weight is 451 g/mol. The van der Waals surface area contributed by atoms with Gasteiger partial charge in [0.15, 0.2) is 11.5 Å². The molecule has 2 atom stereocenters. The van der Waals surface area contributed by atoms with Crippen molar-refractivity contribution in [3.8, 4) is 6.07 Å². The lowest BCUT2D eigenvalue weighted by Gasteiger charge is -2.24. The molecule has 33 heavy (non-hydrogen) atoms. The van der Waals surface area contributed by atoms with Gasteiger partial charge in [0.2, 0.25) is 0 Å². The molecule has 0 unspecified atom stereocenters. The molecule has 7 nitrogen and oxygen atoms in total. The first kappa shape index (κ1) is 22.4. The number of nitrogens with one attached hydrogen (secondary N) is 1. The van der Waals surface area contributed by atoms with Crippen LogP contribution in [0.15, 0.2) is 36.4 Å². The van der Waals surface area contributed by atoms with Crippen LogP contribution in [0.25, 0.3) is 11.0 Å². The zero-order valence-corrected chi connectivity index (χ0v) is 18.4. The fourth-order valence-corrected chi connectivity index (χ4v) is 4.33. The van der Waals surface area contributed by atoms with Gasteiger partial charge >= 0.3 is 5.97 Å². The second kappa shape index (κ2) is 8.28. The molecule has 0 bridgehead atoms. The van der Waals surface area contributed by atoms with Gasteiger partial charge in [0.25, 0.3) is 5.92 Å². The van der Waals surface area contributed by atoms with E-state index in [9.17, 15) is 23.9 Å². The standard InChI is InChI=1S/C24H23F2N5O2/c1-13-8-17(15(3)28-18-7-5-4-6-16(18)23(32)33)21-19(9-13)29-20(11-27)22(30-21)31-12-24(25,26)10-14(31)2/h4-9,14-15,28H,10,12H2,1-3H3,(H,32,33)/t14-,15+/m0/s1. The Morgan fingerprint density at radius 2 is 2.06 bits per heavy atom. The number of carbonyl (C=O) groups is 1. The van der Waals surface area contributed by atoms with E-state index in [0.29, 0.717) is 16.7 Å². The number of aromatic carboxylic acids is 1. The molecular formula is C24H23F2N5O2. The number of halogens is 2.